The first-order chi connectivity index (χ1) is 17.0. The number of anilines is 2. The summed E-state index contributed by atoms with van der Waals surface area (Å²) in [6, 6.07) is 21.7. The fourth-order valence-electron chi connectivity index (χ4n) is 4.06. The van der Waals surface area contributed by atoms with Crippen LogP contribution in [0.15, 0.2) is 93.2 Å². The van der Waals surface area contributed by atoms with Gasteiger partial charge in [0, 0.05) is 37.4 Å². The maximum absolute atomic E-state index is 13.5. The summed E-state index contributed by atoms with van der Waals surface area (Å²) in [6.07, 6.45) is 0. The van der Waals surface area contributed by atoms with Gasteiger partial charge in [0.25, 0.3) is 0 Å². The minimum absolute atomic E-state index is 0.0371. The molecule has 0 saturated carbocycles. The molecule has 0 unspecified atom stereocenters. The van der Waals surface area contributed by atoms with Gasteiger partial charge in [0.05, 0.1) is 12.0 Å². The summed E-state index contributed by atoms with van der Waals surface area (Å²) in [4.78, 5) is 8.49. The molecule has 0 bridgehead atoms. The van der Waals surface area contributed by atoms with Crippen LogP contribution in [-0.2, 0) is 9.84 Å². The molecule has 0 aliphatic carbocycles. The molecule has 0 radical (unpaired) electrons. The van der Waals surface area contributed by atoms with E-state index in [0.717, 1.165) is 23.6 Å². The van der Waals surface area contributed by atoms with Crippen molar-refractivity contribution in [3.05, 3.63) is 84.7 Å². The van der Waals surface area contributed by atoms with Crippen LogP contribution in [0, 0.1) is 5.82 Å². The standard InChI is InChI=1S/C26H24FN3O4S/c1-33-22-11-9-21(10-12-22)29-15-17-30(18-16-29)26-25(28-24(34-26)19-5-3-2-4-6-19)35(31,32)23-13-7-20(27)8-14-23/h2-14H,15-18H2,1H3. The van der Waals surface area contributed by atoms with Crippen LogP contribution in [0.3, 0.4) is 0 Å². The highest BCUT2D eigenvalue weighted by atomic mass is 32.2. The summed E-state index contributed by atoms with van der Waals surface area (Å²) < 4.78 is 51.8. The SMILES string of the molecule is COc1ccc(N2CCN(c3oc(-c4ccccc4)nc3S(=O)(=O)c3ccc(F)cc3)CC2)cc1. The minimum atomic E-state index is -4.04. The van der Waals surface area contributed by atoms with E-state index >= 15 is 0 Å². The molecule has 1 saturated heterocycles. The molecule has 0 spiro atoms. The molecule has 35 heavy (non-hydrogen) atoms. The Kier molecular flexibility index (Phi) is 6.17. The van der Waals surface area contributed by atoms with Crippen molar-refractivity contribution < 1.29 is 22.0 Å². The number of piperazine rings is 1. The van der Waals surface area contributed by atoms with E-state index in [9.17, 15) is 12.8 Å². The number of aromatic nitrogens is 1. The first kappa shape index (κ1) is 22.9. The zero-order valence-electron chi connectivity index (χ0n) is 19.1. The lowest BCUT2D eigenvalue weighted by molar-refractivity contribution is 0.415. The number of nitrogens with zero attached hydrogens (tertiary/aromatic N) is 3. The van der Waals surface area contributed by atoms with Crippen molar-refractivity contribution in [2.24, 2.45) is 0 Å². The van der Waals surface area contributed by atoms with Crippen molar-refractivity contribution in [2.75, 3.05) is 43.1 Å². The molecule has 1 aromatic heterocycles. The molecule has 0 N–H and O–H groups in total. The molecule has 7 nitrogen and oxygen atoms in total. The zero-order chi connectivity index (χ0) is 24.4. The van der Waals surface area contributed by atoms with Gasteiger partial charge in [-0.15, -0.1) is 0 Å². The van der Waals surface area contributed by atoms with Gasteiger partial charge >= 0.3 is 0 Å². The zero-order valence-corrected chi connectivity index (χ0v) is 19.9. The minimum Gasteiger partial charge on any atom is -0.497 e. The van der Waals surface area contributed by atoms with E-state index in [4.69, 9.17) is 9.15 Å². The lowest BCUT2D eigenvalue weighted by Crippen LogP contribution is -2.46. The highest BCUT2D eigenvalue weighted by Crippen LogP contribution is 2.35. The van der Waals surface area contributed by atoms with Crippen LogP contribution < -0.4 is 14.5 Å². The molecule has 4 aromatic rings. The van der Waals surface area contributed by atoms with Gasteiger partial charge in [0.1, 0.15) is 11.6 Å². The van der Waals surface area contributed by atoms with E-state index in [0.29, 0.717) is 31.7 Å². The second-order valence-electron chi connectivity index (χ2n) is 8.12. The number of sulfone groups is 1. The van der Waals surface area contributed by atoms with E-state index in [1.807, 2.05) is 59.5 Å². The van der Waals surface area contributed by atoms with Crippen molar-refractivity contribution in [3.63, 3.8) is 0 Å². The third-order valence-corrected chi connectivity index (χ3v) is 7.65. The van der Waals surface area contributed by atoms with Crippen LogP contribution in [0.4, 0.5) is 16.0 Å². The summed E-state index contributed by atoms with van der Waals surface area (Å²) >= 11 is 0. The van der Waals surface area contributed by atoms with E-state index < -0.39 is 15.7 Å². The molecule has 2 heterocycles. The molecule has 1 aliphatic rings. The predicted octanol–water partition coefficient (Wildman–Crippen LogP) is 4.65. The summed E-state index contributed by atoms with van der Waals surface area (Å²) in [5.41, 5.74) is 1.73. The van der Waals surface area contributed by atoms with Gasteiger partial charge in [-0.2, -0.15) is 4.98 Å². The Balaban J connectivity index is 1.47. The molecule has 1 aliphatic heterocycles. The van der Waals surface area contributed by atoms with Gasteiger partial charge in [0.2, 0.25) is 26.6 Å². The van der Waals surface area contributed by atoms with Crippen LogP contribution in [0.25, 0.3) is 11.5 Å². The second-order valence-corrected chi connectivity index (χ2v) is 9.99. The van der Waals surface area contributed by atoms with E-state index in [1.54, 1.807) is 7.11 Å². The number of hydrogen-bond acceptors (Lipinski definition) is 7. The maximum atomic E-state index is 13.5. The third-order valence-electron chi connectivity index (χ3n) is 5.98. The van der Waals surface area contributed by atoms with Gasteiger partial charge in [0.15, 0.2) is 0 Å². The van der Waals surface area contributed by atoms with Crippen molar-refractivity contribution >= 4 is 21.4 Å². The molecule has 5 rings (SSSR count). The van der Waals surface area contributed by atoms with Crippen molar-refractivity contribution in [2.45, 2.75) is 9.92 Å². The topological polar surface area (TPSA) is 75.9 Å². The largest absolute Gasteiger partial charge is 0.497 e. The smallest absolute Gasteiger partial charge is 0.236 e. The monoisotopic (exact) mass is 493 g/mol. The lowest BCUT2D eigenvalue weighted by atomic mass is 10.2. The van der Waals surface area contributed by atoms with Gasteiger partial charge < -0.3 is 19.0 Å². The van der Waals surface area contributed by atoms with Crippen molar-refractivity contribution in [3.8, 4) is 17.2 Å². The number of ether oxygens (including phenoxy) is 1. The van der Waals surface area contributed by atoms with E-state index in [1.165, 1.54) is 12.1 Å². The summed E-state index contributed by atoms with van der Waals surface area (Å²) in [7, 11) is -2.41. The maximum Gasteiger partial charge on any atom is 0.236 e. The summed E-state index contributed by atoms with van der Waals surface area (Å²) in [5, 5.41) is -0.166. The molecular formula is C26H24FN3O4S. The highest BCUT2D eigenvalue weighted by molar-refractivity contribution is 7.91. The normalized spacial score (nSPS) is 14.2. The van der Waals surface area contributed by atoms with E-state index in [2.05, 4.69) is 9.88 Å². The Morgan fingerprint density at radius 3 is 2.11 bits per heavy atom. The highest BCUT2D eigenvalue weighted by Gasteiger charge is 2.33. The average Bonchev–Trinajstić information content (AvgIpc) is 3.36. The predicted molar refractivity (Wildman–Crippen MR) is 131 cm³/mol. The molecule has 1 fully saturated rings. The third kappa shape index (κ3) is 4.59. The Morgan fingerprint density at radius 2 is 1.49 bits per heavy atom. The Bertz CT molecular complexity index is 1400. The molecule has 0 amide bonds. The van der Waals surface area contributed by atoms with Crippen LogP contribution in [0.2, 0.25) is 0 Å². The van der Waals surface area contributed by atoms with Crippen molar-refractivity contribution in [1.29, 1.82) is 0 Å². The number of rotatable bonds is 6. The van der Waals surface area contributed by atoms with Crippen LogP contribution in [0.1, 0.15) is 0 Å². The average molecular weight is 494 g/mol. The van der Waals surface area contributed by atoms with Crippen LogP contribution in [-0.4, -0.2) is 46.7 Å². The first-order valence-electron chi connectivity index (χ1n) is 11.2. The van der Waals surface area contributed by atoms with Gasteiger partial charge in [-0.25, -0.2) is 12.8 Å². The quantitative estimate of drug-likeness (QED) is 0.362. The fraction of sp³-hybridized carbons (Fsp3) is 0.192. The van der Waals surface area contributed by atoms with Gasteiger partial charge in [-0.1, -0.05) is 18.2 Å². The Hall–Kier alpha value is -3.85. The second kappa shape index (κ2) is 9.42. The summed E-state index contributed by atoms with van der Waals surface area (Å²) in [6.45, 7) is 2.43. The Morgan fingerprint density at radius 1 is 0.857 bits per heavy atom. The first-order valence-corrected chi connectivity index (χ1v) is 12.6. The number of hydrogen-bond donors (Lipinski definition) is 0. The van der Waals surface area contributed by atoms with E-state index in [-0.39, 0.29) is 21.7 Å². The van der Waals surface area contributed by atoms with Gasteiger partial charge in [-0.05, 0) is 60.7 Å². The van der Waals surface area contributed by atoms with Gasteiger partial charge in [-0.3, -0.25) is 0 Å². The molecule has 0 atom stereocenters. The molecule has 180 valence electrons. The molecule has 9 heteroatoms. The van der Waals surface area contributed by atoms with Crippen LogP contribution >= 0.6 is 0 Å². The number of oxazole rings is 1. The van der Waals surface area contributed by atoms with Crippen molar-refractivity contribution in [1.82, 2.24) is 4.98 Å². The number of methoxy groups -OCH3 is 1. The summed E-state index contributed by atoms with van der Waals surface area (Å²) in [5.74, 6) is 0.698. The molecular weight excluding hydrogens is 469 g/mol. The number of halogens is 1. The fourth-order valence-corrected chi connectivity index (χ4v) is 5.38. The molecule has 3 aromatic carbocycles. The lowest BCUT2D eigenvalue weighted by Gasteiger charge is -2.36. The number of benzene rings is 3. The Labute approximate surface area is 203 Å². The van der Waals surface area contributed by atoms with Crippen LogP contribution in [0.5, 0.6) is 5.75 Å².